The molecule has 1 fully saturated rings. The number of halogens is 1. The number of hydrogen-bond donors (Lipinski definition) is 0. The fourth-order valence-corrected chi connectivity index (χ4v) is 3.91. The standard InChI is InChI=1S/C17H25ClN4O/c1-4-17(2)11-22(12-8-6-5-7-9-12)14-13(21(3)15(17)23)10-19-16(18)20-14/h10,12H,4-9,11H2,1-3H3. The van der Waals surface area contributed by atoms with Gasteiger partial charge in [-0.1, -0.05) is 26.2 Å². The lowest BCUT2D eigenvalue weighted by Crippen LogP contribution is -2.47. The molecule has 1 atom stereocenters. The second kappa shape index (κ2) is 6.27. The Hall–Kier alpha value is -1.36. The van der Waals surface area contributed by atoms with Gasteiger partial charge in [-0.15, -0.1) is 0 Å². The van der Waals surface area contributed by atoms with Gasteiger partial charge in [-0.2, -0.15) is 4.98 Å². The zero-order valence-corrected chi connectivity index (χ0v) is 14.9. The smallest absolute Gasteiger partial charge is 0.234 e. The predicted molar refractivity (Wildman–Crippen MR) is 93.1 cm³/mol. The van der Waals surface area contributed by atoms with Crippen LogP contribution in [0.1, 0.15) is 52.4 Å². The summed E-state index contributed by atoms with van der Waals surface area (Å²) < 4.78 is 0. The first-order chi connectivity index (χ1) is 11.0. The van der Waals surface area contributed by atoms with Gasteiger partial charge in [0.25, 0.3) is 0 Å². The van der Waals surface area contributed by atoms with E-state index >= 15 is 0 Å². The van der Waals surface area contributed by atoms with Crippen LogP contribution in [0.15, 0.2) is 6.20 Å². The van der Waals surface area contributed by atoms with Crippen molar-refractivity contribution in [3.05, 3.63) is 11.5 Å². The van der Waals surface area contributed by atoms with Crippen LogP contribution in [-0.4, -0.2) is 35.5 Å². The number of fused-ring (bicyclic) bond motifs is 1. The van der Waals surface area contributed by atoms with Crippen molar-refractivity contribution in [2.45, 2.75) is 58.4 Å². The minimum absolute atomic E-state index is 0.130. The predicted octanol–water partition coefficient (Wildman–Crippen LogP) is 3.66. The lowest BCUT2D eigenvalue weighted by molar-refractivity contribution is -0.126. The van der Waals surface area contributed by atoms with Gasteiger partial charge in [-0.05, 0) is 37.8 Å². The van der Waals surface area contributed by atoms with E-state index < -0.39 is 5.41 Å². The number of anilines is 2. The Morgan fingerprint density at radius 3 is 2.70 bits per heavy atom. The van der Waals surface area contributed by atoms with Crippen molar-refractivity contribution in [1.29, 1.82) is 0 Å². The van der Waals surface area contributed by atoms with Crippen LogP contribution >= 0.6 is 11.6 Å². The van der Waals surface area contributed by atoms with Gasteiger partial charge in [-0.25, -0.2) is 4.98 Å². The van der Waals surface area contributed by atoms with Crippen molar-refractivity contribution in [2.75, 3.05) is 23.4 Å². The molecule has 1 aromatic heterocycles. The average Bonchev–Trinajstić information content (AvgIpc) is 2.65. The van der Waals surface area contributed by atoms with Crippen LogP contribution in [0.5, 0.6) is 0 Å². The maximum atomic E-state index is 13.0. The zero-order chi connectivity index (χ0) is 16.6. The summed E-state index contributed by atoms with van der Waals surface area (Å²) in [5, 5.41) is 0.241. The third-order valence-corrected chi connectivity index (χ3v) is 5.67. The number of nitrogens with zero attached hydrogens (tertiary/aromatic N) is 4. The van der Waals surface area contributed by atoms with Gasteiger partial charge in [0.05, 0.1) is 11.6 Å². The molecule has 6 heteroatoms. The van der Waals surface area contributed by atoms with Gasteiger partial charge in [0.2, 0.25) is 11.2 Å². The Morgan fingerprint density at radius 1 is 1.35 bits per heavy atom. The SMILES string of the molecule is CCC1(C)CN(C2CCCCC2)c2nc(Cl)ncc2N(C)C1=O. The summed E-state index contributed by atoms with van der Waals surface area (Å²) in [7, 11) is 1.82. The largest absolute Gasteiger partial charge is 0.351 e. The summed E-state index contributed by atoms with van der Waals surface area (Å²) in [4.78, 5) is 25.6. The first kappa shape index (κ1) is 16.5. The molecule has 5 nitrogen and oxygen atoms in total. The maximum absolute atomic E-state index is 13.0. The molecule has 2 aliphatic rings. The molecule has 0 radical (unpaired) electrons. The number of carbonyl (C=O) groups is 1. The Labute approximate surface area is 143 Å². The van der Waals surface area contributed by atoms with Gasteiger partial charge in [0.1, 0.15) is 5.69 Å². The molecule has 0 N–H and O–H groups in total. The van der Waals surface area contributed by atoms with Gasteiger partial charge in [0, 0.05) is 19.6 Å². The van der Waals surface area contributed by atoms with E-state index in [1.807, 2.05) is 7.05 Å². The van der Waals surface area contributed by atoms with E-state index in [1.54, 1.807) is 11.1 Å². The number of rotatable bonds is 2. The van der Waals surface area contributed by atoms with E-state index in [-0.39, 0.29) is 11.2 Å². The summed E-state index contributed by atoms with van der Waals surface area (Å²) in [6.07, 6.45) is 8.56. The Bertz CT molecular complexity index is 602. The number of amides is 1. The van der Waals surface area contributed by atoms with Crippen LogP contribution in [0.4, 0.5) is 11.5 Å². The number of carbonyl (C=O) groups excluding carboxylic acids is 1. The highest BCUT2D eigenvalue weighted by molar-refractivity contribution is 6.28. The molecule has 1 saturated carbocycles. The van der Waals surface area contributed by atoms with Crippen LogP contribution in [0.2, 0.25) is 5.28 Å². The molecular weight excluding hydrogens is 312 g/mol. The van der Waals surface area contributed by atoms with Gasteiger partial charge >= 0.3 is 0 Å². The Morgan fingerprint density at radius 2 is 2.04 bits per heavy atom. The Balaban J connectivity index is 2.10. The monoisotopic (exact) mass is 336 g/mol. The minimum Gasteiger partial charge on any atom is -0.351 e. The fraction of sp³-hybridized carbons (Fsp3) is 0.706. The Kier molecular flexibility index (Phi) is 4.50. The maximum Gasteiger partial charge on any atom is 0.234 e. The summed E-state index contributed by atoms with van der Waals surface area (Å²) in [6.45, 7) is 4.83. The molecule has 1 aliphatic heterocycles. The molecule has 2 heterocycles. The summed E-state index contributed by atoms with van der Waals surface area (Å²) in [6, 6.07) is 0.429. The van der Waals surface area contributed by atoms with E-state index in [4.69, 9.17) is 11.6 Å². The molecule has 23 heavy (non-hydrogen) atoms. The highest BCUT2D eigenvalue weighted by Gasteiger charge is 2.43. The van der Waals surface area contributed by atoms with Crippen LogP contribution in [-0.2, 0) is 4.79 Å². The molecule has 126 valence electrons. The van der Waals surface area contributed by atoms with Crippen molar-refractivity contribution in [3.8, 4) is 0 Å². The number of aromatic nitrogens is 2. The molecule has 1 aromatic rings. The molecule has 1 aliphatic carbocycles. The van der Waals surface area contributed by atoms with E-state index in [1.165, 1.54) is 19.3 Å². The average molecular weight is 337 g/mol. The van der Waals surface area contributed by atoms with Gasteiger partial charge in [0.15, 0.2) is 5.82 Å². The van der Waals surface area contributed by atoms with Crippen molar-refractivity contribution >= 4 is 29.0 Å². The van der Waals surface area contributed by atoms with Crippen LogP contribution < -0.4 is 9.80 Å². The third kappa shape index (κ3) is 2.91. The molecule has 0 spiro atoms. The van der Waals surface area contributed by atoms with Gasteiger partial charge < -0.3 is 9.80 Å². The van der Waals surface area contributed by atoms with Crippen molar-refractivity contribution in [2.24, 2.45) is 5.41 Å². The van der Waals surface area contributed by atoms with Crippen LogP contribution in [0.25, 0.3) is 0 Å². The quantitative estimate of drug-likeness (QED) is 0.773. The van der Waals surface area contributed by atoms with E-state index in [0.717, 1.165) is 30.8 Å². The first-order valence-corrected chi connectivity index (χ1v) is 8.91. The topological polar surface area (TPSA) is 49.3 Å². The second-order valence-corrected chi connectivity index (χ2v) is 7.38. The number of hydrogen-bond acceptors (Lipinski definition) is 4. The highest BCUT2D eigenvalue weighted by Crippen LogP contribution is 2.40. The molecular formula is C17H25ClN4O. The van der Waals surface area contributed by atoms with E-state index in [9.17, 15) is 4.79 Å². The lowest BCUT2D eigenvalue weighted by Gasteiger charge is -2.38. The lowest BCUT2D eigenvalue weighted by atomic mass is 9.84. The summed E-state index contributed by atoms with van der Waals surface area (Å²) in [5.74, 6) is 0.940. The second-order valence-electron chi connectivity index (χ2n) is 7.05. The molecule has 1 unspecified atom stereocenters. The summed E-state index contributed by atoms with van der Waals surface area (Å²) in [5.41, 5.74) is 0.349. The van der Waals surface area contributed by atoms with Crippen molar-refractivity contribution in [1.82, 2.24) is 9.97 Å². The normalized spacial score (nSPS) is 26.2. The van der Waals surface area contributed by atoms with E-state index in [0.29, 0.717) is 12.6 Å². The highest BCUT2D eigenvalue weighted by atomic mass is 35.5. The molecule has 1 amide bonds. The molecule has 3 rings (SSSR count). The fourth-order valence-electron chi connectivity index (χ4n) is 3.78. The van der Waals surface area contributed by atoms with Gasteiger partial charge in [-0.3, -0.25) is 4.79 Å². The van der Waals surface area contributed by atoms with E-state index in [2.05, 4.69) is 28.7 Å². The third-order valence-electron chi connectivity index (χ3n) is 5.49. The van der Waals surface area contributed by atoms with Crippen molar-refractivity contribution in [3.63, 3.8) is 0 Å². The van der Waals surface area contributed by atoms with Crippen LogP contribution in [0, 0.1) is 5.41 Å². The molecule has 0 aromatic carbocycles. The minimum atomic E-state index is -0.417. The molecule has 0 bridgehead atoms. The van der Waals surface area contributed by atoms with Crippen LogP contribution in [0.3, 0.4) is 0 Å². The zero-order valence-electron chi connectivity index (χ0n) is 14.2. The van der Waals surface area contributed by atoms with Crippen molar-refractivity contribution < 1.29 is 4.79 Å². The summed E-state index contributed by atoms with van der Waals surface area (Å²) >= 11 is 6.07. The first-order valence-electron chi connectivity index (χ1n) is 8.53. The molecule has 0 saturated heterocycles.